The van der Waals surface area contributed by atoms with E-state index in [0.717, 1.165) is 5.56 Å². The molecule has 1 aromatic carbocycles. The van der Waals surface area contributed by atoms with Gasteiger partial charge in [-0.05, 0) is 18.9 Å². The van der Waals surface area contributed by atoms with Crippen LogP contribution in [0, 0.1) is 27.4 Å². The molecule has 0 heterocycles. The molecule has 0 bridgehead atoms. The first-order chi connectivity index (χ1) is 8.54. The van der Waals surface area contributed by atoms with Gasteiger partial charge in [0.15, 0.2) is 0 Å². The summed E-state index contributed by atoms with van der Waals surface area (Å²) in [5, 5.41) is 21.6. The first kappa shape index (κ1) is 13.6. The van der Waals surface area contributed by atoms with Crippen molar-refractivity contribution in [2.24, 2.45) is 5.92 Å². The largest absolute Gasteiger partial charge is 0.355 e. The lowest BCUT2D eigenvalue weighted by Crippen LogP contribution is -2.30. The lowest BCUT2D eigenvalue weighted by atomic mass is 10.1. The Kier molecular flexibility index (Phi) is 4.81. The second-order valence-electron chi connectivity index (χ2n) is 3.82. The lowest BCUT2D eigenvalue weighted by molar-refractivity contribution is -0.384. The molecule has 0 spiro atoms. The molecule has 0 saturated carbocycles. The number of nitro groups is 1. The molecule has 18 heavy (non-hydrogen) atoms. The lowest BCUT2D eigenvalue weighted by Gasteiger charge is -2.06. The van der Waals surface area contributed by atoms with Crippen molar-refractivity contribution >= 4 is 11.6 Å². The van der Waals surface area contributed by atoms with Gasteiger partial charge in [-0.3, -0.25) is 14.9 Å². The van der Waals surface area contributed by atoms with E-state index in [9.17, 15) is 14.9 Å². The van der Waals surface area contributed by atoms with Crippen molar-refractivity contribution in [1.82, 2.24) is 5.32 Å². The van der Waals surface area contributed by atoms with E-state index in [1.807, 2.05) is 6.07 Å². The van der Waals surface area contributed by atoms with E-state index in [1.165, 1.54) is 19.1 Å². The van der Waals surface area contributed by atoms with Gasteiger partial charge in [0.2, 0.25) is 5.91 Å². The Morgan fingerprint density at radius 1 is 1.50 bits per heavy atom. The summed E-state index contributed by atoms with van der Waals surface area (Å²) in [6, 6.07) is 8.00. The number of carbonyl (C=O) groups is 1. The fraction of sp³-hybridized carbons (Fsp3) is 0.333. The van der Waals surface area contributed by atoms with E-state index < -0.39 is 10.8 Å². The molecule has 0 fully saturated rings. The summed E-state index contributed by atoms with van der Waals surface area (Å²) in [7, 11) is 0. The minimum atomic E-state index is -0.665. The molecule has 1 atom stereocenters. The van der Waals surface area contributed by atoms with Crippen molar-refractivity contribution in [3.05, 3.63) is 39.9 Å². The third-order valence-electron chi connectivity index (χ3n) is 2.45. The average molecular weight is 247 g/mol. The van der Waals surface area contributed by atoms with E-state index in [1.54, 1.807) is 12.1 Å². The van der Waals surface area contributed by atoms with Gasteiger partial charge in [0.25, 0.3) is 5.69 Å². The van der Waals surface area contributed by atoms with Crippen LogP contribution in [0.1, 0.15) is 12.5 Å². The molecular formula is C12H13N3O3. The highest BCUT2D eigenvalue weighted by Gasteiger charge is 2.10. The fourth-order valence-corrected chi connectivity index (χ4v) is 1.33. The SMILES string of the molecule is CC(C#N)C(=O)NCCc1ccc([N+](=O)[O-])cc1. The summed E-state index contributed by atoms with van der Waals surface area (Å²) in [5.41, 5.74) is 0.936. The Balaban J connectivity index is 2.43. The Labute approximate surface area is 104 Å². The highest BCUT2D eigenvalue weighted by Crippen LogP contribution is 2.11. The van der Waals surface area contributed by atoms with Gasteiger partial charge in [-0.2, -0.15) is 5.26 Å². The van der Waals surface area contributed by atoms with Crippen LogP contribution in [0.15, 0.2) is 24.3 Å². The minimum Gasteiger partial charge on any atom is -0.355 e. The van der Waals surface area contributed by atoms with E-state index in [-0.39, 0.29) is 11.6 Å². The zero-order valence-corrected chi connectivity index (χ0v) is 9.92. The topological polar surface area (TPSA) is 96.0 Å². The van der Waals surface area contributed by atoms with Crippen LogP contribution in [0.4, 0.5) is 5.69 Å². The molecule has 0 saturated heterocycles. The molecule has 6 nitrogen and oxygen atoms in total. The van der Waals surface area contributed by atoms with Gasteiger partial charge in [0.05, 0.1) is 11.0 Å². The molecule has 1 unspecified atom stereocenters. The maximum absolute atomic E-state index is 11.3. The van der Waals surface area contributed by atoms with Crippen LogP contribution in [0.2, 0.25) is 0 Å². The number of rotatable bonds is 5. The number of amides is 1. The predicted molar refractivity (Wildman–Crippen MR) is 64.6 cm³/mol. The van der Waals surface area contributed by atoms with Gasteiger partial charge >= 0.3 is 0 Å². The number of hydrogen-bond acceptors (Lipinski definition) is 4. The van der Waals surface area contributed by atoms with Crippen LogP contribution in [-0.2, 0) is 11.2 Å². The van der Waals surface area contributed by atoms with E-state index >= 15 is 0 Å². The summed E-state index contributed by atoms with van der Waals surface area (Å²) >= 11 is 0. The number of benzene rings is 1. The van der Waals surface area contributed by atoms with Crippen LogP contribution in [0.5, 0.6) is 0 Å². The number of nitrogens with one attached hydrogen (secondary N) is 1. The Morgan fingerprint density at radius 2 is 2.11 bits per heavy atom. The average Bonchev–Trinajstić information content (AvgIpc) is 2.38. The smallest absolute Gasteiger partial charge is 0.269 e. The Hall–Kier alpha value is -2.42. The molecule has 0 radical (unpaired) electrons. The zero-order chi connectivity index (χ0) is 13.5. The van der Waals surface area contributed by atoms with Gasteiger partial charge in [-0.1, -0.05) is 12.1 Å². The summed E-state index contributed by atoms with van der Waals surface area (Å²) < 4.78 is 0. The number of non-ortho nitro benzene ring substituents is 1. The van der Waals surface area contributed by atoms with E-state index in [0.29, 0.717) is 13.0 Å². The third kappa shape index (κ3) is 3.87. The quantitative estimate of drug-likeness (QED) is 0.628. The molecule has 1 N–H and O–H groups in total. The minimum absolute atomic E-state index is 0.0425. The van der Waals surface area contributed by atoms with Gasteiger partial charge in [0.1, 0.15) is 5.92 Å². The maximum atomic E-state index is 11.3. The highest BCUT2D eigenvalue weighted by molar-refractivity contribution is 5.80. The van der Waals surface area contributed by atoms with Crippen molar-refractivity contribution < 1.29 is 9.72 Å². The monoisotopic (exact) mass is 247 g/mol. The molecule has 0 aliphatic rings. The van der Waals surface area contributed by atoms with Gasteiger partial charge in [0, 0.05) is 18.7 Å². The first-order valence-corrected chi connectivity index (χ1v) is 5.45. The number of hydrogen-bond donors (Lipinski definition) is 1. The van der Waals surface area contributed by atoms with Crippen LogP contribution in [0.25, 0.3) is 0 Å². The number of nitriles is 1. The van der Waals surface area contributed by atoms with Gasteiger partial charge < -0.3 is 5.32 Å². The molecule has 1 rings (SSSR count). The van der Waals surface area contributed by atoms with Crippen molar-refractivity contribution in [3.63, 3.8) is 0 Å². The van der Waals surface area contributed by atoms with Crippen LogP contribution in [-0.4, -0.2) is 17.4 Å². The Bertz CT molecular complexity index is 476. The van der Waals surface area contributed by atoms with Crippen LogP contribution in [0.3, 0.4) is 0 Å². The zero-order valence-electron chi connectivity index (χ0n) is 9.92. The van der Waals surface area contributed by atoms with Gasteiger partial charge in [-0.15, -0.1) is 0 Å². The number of nitrogens with zero attached hydrogens (tertiary/aromatic N) is 2. The number of nitro benzene ring substituents is 1. The highest BCUT2D eigenvalue weighted by atomic mass is 16.6. The Morgan fingerprint density at radius 3 is 2.61 bits per heavy atom. The predicted octanol–water partition coefficient (Wildman–Crippen LogP) is 1.41. The van der Waals surface area contributed by atoms with Crippen LogP contribution >= 0.6 is 0 Å². The molecule has 0 aromatic heterocycles. The molecule has 0 aliphatic carbocycles. The van der Waals surface area contributed by atoms with Crippen LogP contribution < -0.4 is 5.32 Å². The van der Waals surface area contributed by atoms with Crippen molar-refractivity contribution in [1.29, 1.82) is 5.26 Å². The summed E-state index contributed by atoms with van der Waals surface area (Å²) in [6.07, 6.45) is 0.571. The summed E-state index contributed by atoms with van der Waals surface area (Å²) in [6.45, 7) is 1.93. The number of carbonyl (C=O) groups excluding carboxylic acids is 1. The maximum Gasteiger partial charge on any atom is 0.269 e. The van der Waals surface area contributed by atoms with Crippen molar-refractivity contribution in [2.75, 3.05) is 6.54 Å². The molecule has 94 valence electrons. The first-order valence-electron chi connectivity index (χ1n) is 5.45. The fourth-order valence-electron chi connectivity index (χ4n) is 1.33. The third-order valence-corrected chi connectivity index (χ3v) is 2.45. The van der Waals surface area contributed by atoms with E-state index in [4.69, 9.17) is 5.26 Å². The second-order valence-corrected chi connectivity index (χ2v) is 3.82. The molecule has 6 heteroatoms. The molecule has 0 aliphatic heterocycles. The van der Waals surface area contributed by atoms with E-state index in [2.05, 4.69) is 5.32 Å². The summed E-state index contributed by atoms with van der Waals surface area (Å²) in [4.78, 5) is 21.3. The molecule has 1 amide bonds. The summed E-state index contributed by atoms with van der Waals surface area (Å²) in [5.74, 6) is -0.971. The van der Waals surface area contributed by atoms with Gasteiger partial charge in [-0.25, -0.2) is 0 Å². The van der Waals surface area contributed by atoms with Crippen molar-refractivity contribution in [2.45, 2.75) is 13.3 Å². The molecular weight excluding hydrogens is 234 g/mol. The van der Waals surface area contributed by atoms with Crippen molar-refractivity contribution in [3.8, 4) is 6.07 Å². The normalized spacial score (nSPS) is 11.3. The molecule has 1 aromatic rings. The second kappa shape index (κ2) is 6.35. The standard InChI is InChI=1S/C12H13N3O3/c1-9(8-13)12(16)14-7-6-10-2-4-11(5-3-10)15(17)18/h2-5,9H,6-7H2,1H3,(H,14,16).